The second-order valence-electron chi connectivity index (χ2n) is 22.7. The number of esters is 3. The molecule has 4 aromatic rings. The first-order valence-electron chi connectivity index (χ1n) is 32.2. The van der Waals surface area contributed by atoms with E-state index in [1.807, 2.05) is 72.8 Å². The molecule has 87 heavy (non-hydrogen) atoms. The van der Waals surface area contributed by atoms with E-state index in [1.54, 1.807) is 20.8 Å². The maximum absolute atomic E-state index is 12.6. The van der Waals surface area contributed by atoms with Gasteiger partial charge in [-0.1, -0.05) is 191 Å². The Morgan fingerprint density at radius 2 is 0.552 bits per heavy atom. The topological polar surface area (TPSA) is 172 Å². The number of ether oxygens (including phenoxy) is 9. The highest BCUT2D eigenvalue weighted by Gasteiger charge is 2.20. The maximum Gasteiger partial charge on any atom is 0.335 e. The minimum absolute atomic E-state index is 0.000286. The van der Waals surface area contributed by atoms with Crippen molar-refractivity contribution in [1.29, 1.82) is 0 Å². The number of carboxylic acid groups (broad SMARTS) is 1. The second kappa shape index (κ2) is 45.1. The number of hydrogen-bond donors (Lipinski definition) is 1. The summed E-state index contributed by atoms with van der Waals surface area (Å²) < 4.78 is 53.0. The largest absolute Gasteiger partial charge is 0.494 e. The van der Waals surface area contributed by atoms with E-state index in [0.29, 0.717) is 62.1 Å². The van der Waals surface area contributed by atoms with Crippen molar-refractivity contribution in [2.24, 2.45) is 0 Å². The van der Waals surface area contributed by atoms with Crippen molar-refractivity contribution in [3.05, 3.63) is 144 Å². The van der Waals surface area contributed by atoms with Gasteiger partial charge in [-0.25, -0.2) is 19.2 Å². The van der Waals surface area contributed by atoms with Gasteiger partial charge in [0.1, 0.15) is 37.1 Å². The van der Waals surface area contributed by atoms with E-state index < -0.39 is 5.97 Å². The summed E-state index contributed by atoms with van der Waals surface area (Å²) in [6.07, 6.45) is 29.7. The number of carbonyl (C=O) groups is 4. The smallest absolute Gasteiger partial charge is 0.335 e. The average molecular weight is 1200 g/mol. The molecule has 0 aliphatic rings. The van der Waals surface area contributed by atoms with E-state index in [1.165, 1.54) is 76.3 Å². The summed E-state index contributed by atoms with van der Waals surface area (Å²) in [6.45, 7) is 19.6. The Morgan fingerprint density at radius 3 is 0.793 bits per heavy atom. The molecule has 0 saturated carbocycles. The Labute approximate surface area is 520 Å². The predicted octanol–water partition coefficient (Wildman–Crippen LogP) is 18.1. The van der Waals surface area contributed by atoms with Gasteiger partial charge >= 0.3 is 23.9 Å². The Kier molecular flexibility index (Phi) is 37.5. The van der Waals surface area contributed by atoms with Crippen LogP contribution in [0.15, 0.2) is 121 Å². The fourth-order valence-corrected chi connectivity index (χ4v) is 9.34. The number of rotatable bonds is 52. The fraction of sp³-hybridized carbons (Fsp3) is 0.534. The lowest BCUT2D eigenvalue weighted by Crippen LogP contribution is -2.07. The van der Waals surface area contributed by atoms with E-state index in [4.69, 9.17) is 42.6 Å². The van der Waals surface area contributed by atoms with Crippen molar-refractivity contribution in [3.8, 4) is 34.5 Å². The molecule has 0 heterocycles. The highest BCUT2D eigenvalue weighted by atomic mass is 16.6. The highest BCUT2D eigenvalue weighted by molar-refractivity contribution is 5.90. The molecule has 0 radical (unpaired) electrons. The van der Waals surface area contributed by atoms with Gasteiger partial charge in [-0.3, -0.25) is 0 Å². The number of carbonyl (C=O) groups excluding carboxylic acids is 3. The molecular formula is C73H102O14. The first kappa shape index (κ1) is 72.3. The summed E-state index contributed by atoms with van der Waals surface area (Å²) in [6, 6.07) is 26.2. The lowest BCUT2D eigenvalue weighted by Gasteiger charge is -2.19. The van der Waals surface area contributed by atoms with Gasteiger partial charge in [-0.05, 0) is 125 Å². The number of hydrogen-bond acceptors (Lipinski definition) is 13. The third-order valence-electron chi connectivity index (χ3n) is 14.6. The Bertz CT molecular complexity index is 2480. The zero-order valence-corrected chi connectivity index (χ0v) is 52.9. The standard InChI is InChI=1S/C73H102O14/c1-57(2)71(76)82-49-31-25-19-13-7-10-16-22-28-46-79-64-40-34-60(35-41-64)54-85-67-52-63(70(74)75)53-68(86-55-61-36-42-65(43-37-61)80-47-29-23-17-11-8-14-20-26-32-50-83-72(77)58(3)4)69(67)87-56-62-38-44-66(45-39-62)81-48-30-24-18-12-9-15-21-27-33-51-84-73(78)59(5)6/h34-45,52-53H,1,3,5,7-33,46-51,54-56H2,2,4,6H3,(H,74,75). The summed E-state index contributed by atoms with van der Waals surface area (Å²) in [4.78, 5) is 47.1. The van der Waals surface area contributed by atoms with Crippen LogP contribution in [0.25, 0.3) is 0 Å². The SMILES string of the molecule is C=C(C)C(=O)OCCCCCCCCCCCOc1ccc(COc2cc(C(=O)O)cc(OCc3ccc(OCCCCCCCCCCCOC(=O)C(=C)C)cc3)c2OCc2ccc(OCCCCCCCCCCCOC(=O)C(=C)C)cc2)cc1. The van der Waals surface area contributed by atoms with Gasteiger partial charge < -0.3 is 47.7 Å². The van der Waals surface area contributed by atoms with Crippen molar-refractivity contribution < 1.29 is 66.9 Å². The van der Waals surface area contributed by atoms with Gasteiger partial charge in [0.25, 0.3) is 0 Å². The summed E-state index contributed by atoms with van der Waals surface area (Å²) in [5, 5.41) is 10.3. The molecule has 478 valence electrons. The molecule has 0 aromatic heterocycles. The third-order valence-corrected chi connectivity index (χ3v) is 14.6. The van der Waals surface area contributed by atoms with Crippen LogP contribution in [0.5, 0.6) is 34.5 Å². The normalized spacial score (nSPS) is 10.9. The van der Waals surface area contributed by atoms with Gasteiger partial charge in [-0.15, -0.1) is 0 Å². The van der Waals surface area contributed by atoms with Gasteiger partial charge in [0.05, 0.1) is 45.2 Å². The summed E-state index contributed by atoms with van der Waals surface area (Å²) in [7, 11) is 0. The lowest BCUT2D eigenvalue weighted by atomic mass is 10.1. The lowest BCUT2D eigenvalue weighted by molar-refractivity contribution is -0.139. The van der Waals surface area contributed by atoms with Crippen molar-refractivity contribution in [2.75, 3.05) is 39.6 Å². The van der Waals surface area contributed by atoms with Crippen LogP contribution in [0.2, 0.25) is 0 Å². The molecule has 0 fully saturated rings. The molecule has 0 bridgehead atoms. The van der Waals surface area contributed by atoms with E-state index in [0.717, 1.165) is 143 Å². The van der Waals surface area contributed by atoms with Crippen LogP contribution in [0.1, 0.15) is 221 Å². The van der Waals surface area contributed by atoms with Crippen molar-refractivity contribution in [2.45, 2.75) is 214 Å². The van der Waals surface area contributed by atoms with Gasteiger partial charge in [0, 0.05) is 16.7 Å². The van der Waals surface area contributed by atoms with Crippen molar-refractivity contribution >= 4 is 23.9 Å². The molecule has 4 aromatic carbocycles. The molecule has 0 aliphatic heterocycles. The number of carboxylic acids is 1. The fourth-order valence-electron chi connectivity index (χ4n) is 9.34. The molecule has 0 spiro atoms. The van der Waals surface area contributed by atoms with E-state index >= 15 is 0 Å². The zero-order chi connectivity index (χ0) is 62.5. The number of aromatic carboxylic acids is 1. The molecule has 0 unspecified atom stereocenters. The first-order chi connectivity index (χ1) is 42.3. The summed E-state index contributed by atoms with van der Waals surface area (Å²) >= 11 is 0. The van der Waals surface area contributed by atoms with Crippen molar-refractivity contribution in [1.82, 2.24) is 0 Å². The van der Waals surface area contributed by atoms with Crippen LogP contribution in [-0.4, -0.2) is 68.6 Å². The first-order valence-corrected chi connectivity index (χ1v) is 32.2. The highest BCUT2D eigenvalue weighted by Crippen LogP contribution is 2.41. The predicted molar refractivity (Wildman–Crippen MR) is 344 cm³/mol. The molecule has 0 atom stereocenters. The monoisotopic (exact) mass is 1200 g/mol. The van der Waals surface area contributed by atoms with E-state index in [2.05, 4.69) is 19.7 Å². The minimum Gasteiger partial charge on any atom is -0.494 e. The molecule has 0 aliphatic carbocycles. The van der Waals surface area contributed by atoms with Crippen LogP contribution in [-0.2, 0) is 48.4 Å². The second-order valence-corrected chi connectivity index (χ2v) is 22.7. The van der Waals surface area contributed by atoms with Crippen LogP contribution in [0.4, 0.5) is 0 Å². The maximum atomic E-state index is 12.6. The summed E-state index contributed by atoms with van der Waals surface area (Å²) in [5.74, 6) is 1.03. The zero-order valence-electron chi connectivity index (χ0n) is 52.9. The molecular weight excluding hydrogens is 1100 g/mol. The Hall–Kier alpha value is -7.22. The Balaban J connectivity index is 1.25. The molecule has 0 amide bonds. The molecule has 14 heteroatoms. The Morgan fingerprint density at radius 1 is 0.322 bits per heavy atom. The van der Waals surface area contributed by atoms with Gasteiger partial charge in [0.2, 0.25) is 5.75 Å². The number of benzene rings is 4. The molecule has 1 N–H and O–H groups in total. The van der Waals surface area contributed by atoms with Crippen LogP contribution < -0.4 is 28.4 Å². The molecule has 4 rings (SSSR count). The van der Waals surface area contributed by atoms with Gasteiger partial charge in [-0.2, -0.15) is 0 Å². The summed E-state index contributed by atoms with van der Waals surface area (Å²) in [5.41, 5.74) is 3.93. The minimum atomic E-state index is -1.13. The van der Waals surface area contributed by atoms with E-state index in [-0.39, 0.29) is 54.8 Å². The average Bonchev–Trinajstić information content (AvgIpc) is 2.04. The quantitative estimate of drug-likeness (QED) is 0.0192. The van der Waals surface area contributed by atoms with Crippen LogP contribution >= 0.6 is 0 Å². The van der Waals surface area contributed by atoms with Gasteiger partial charge in [0.15, 0.2) is 11.5 Å². The third kappa shape index (κ3) is 33.5. The van der Waals surface area contributed by atoms with Crippen LogP contribution in [0, 0.1) is 0 Å². The number of unbranched alkanes of at least 4 members (excludes halogenated alkanes) is 24. The van der Waals surface area contributed by atoms with Crippen LogP contribution in [0.3, 0.4) is 0 Å². The molecule has 0 saturated heterocycles. The molecule has 14 nitrogen and oxygen atoms in total. The van der Waals surface area contributed by atoms with Crippen molar-refractivity contribution in [3.63, 3.8) is 0 Å². The van der Waals surface area contributed by atoms with E-state index in [9.17, 15) is 24.3 Å².